The summed E-state index contributed by atoms with van der Waals surface area (Å²) in [5, 5.41) is 15.2. The fraction of sp³-hybridized carbons (Fsp3) is 0.486. The minimum atomic E-state index is -1.01. The number of carbonyl (C=O) groups excluding carboxylic acids is 1. The van der Waals surface area contributed by atoms with E-state index in [0.717, 1.165) is 43.9 Å². The first-order valence-electron chi connectivity index (χ1n) is 16.1. The number of anilines is 1. The van der Waals surface area contributed by atoms with Crippen LogP contribution in [0.1, 0.15) is 77.4 Å². The molecule has 44 heavy (non-hydrogen) atoms. The fourth-order valence-corrected chi connectivity index (χ4v) is 6.83. The first-order chi connectivity index (χ1) is 21.4. The number of carbonyl (C=O) groups is 2. The number of aromatic nitrogens is 2. The third-order valence-corrected chi connectivity index (χ3v) is 9.11. The lowest BCUT2D eigenvalue weighted by atomic mass is 10.0. The van der Waals surface area contributed by atoms with Crippen LogP contribution in [0, 0.1) is 25.7 Å². The summed E-state index contributed by atoms with van der Waals surface area (Å²) >= 11 is 0. The monoisotopic (exact) mass is 598 g/mol. The van der Waals surface area contributed by atoms with Gasteiger partial charge >= 0.3 is 6.09 Å². The summed E-state index contributed by atoms with van der Waals surface area (Å²) in [5.74, 6) is 1.38. The number of likely N-dealkylation sites (tertiary alicyclic amines) is 2. The summed E-state index contributed by atoms with van der Waals surface area (Å²) in [5.41, 5.74) is 4.11. The quantitative estimate of drug-likeness (QED) is 0.275. The lowest BCUT2D eigenvalue weighted by Gasteiger charge is -2.24. The molecule has 2 unspecified atom stereocenters. The summed E-state index contributed by atoms with van der Waals surface area (Å²) < 4.78 is 0. The summed E-state index contributed by atoms with van der Waals surface area (Å²) in [6.45, 7) is 8.47. The highest BCUT2D eigenvalue weighted by atomic mass is 16.4. The van der Waals surface area contributed by atoms with Crippen LogP contribution in [0.15, 0.2) is 60.7 Å². The maximum Gasteiger partial charge on any atom is 0.405 e. The van der Waals surface area contributed by atoms with Gasteiger partial charge in [0.05, 0.1) is 23.0 Å². The molecule has 2 saturated heterocycles. The molecule has 3 aliphatic rings. The van der Waals surface area contributed by atoms with E-state index >= 15 is 0 Å². The smallest absolute Gasteiger partial charge is 0.405 e. The van der Waals surface area contributed by atoms with Crippen LogP contribution in [0.3, 0.4) is 0 Å². The van der Waals surface area contributed by atoms with E-state index in [2.05, 4.69) is 25.5 Å². The van der Waals surface area contributed by atoms with Gasteiger partial charge in [0.15, 0.2) is 0 Å². The molecule has 0 bridgehead atoms. The number of carboxylic acid groups (broad SMARTS) is 1. The van der Waals surface area contributed by atoms with Gasteiger partial charge in [0.2, 0.25) is 5.95 Å². The van der Waals surface area contributed by atoms with Crippen molar-refractivity contribution in [1.82, 2.24) is 25.1 Å². The van der Waals surface area contributed by atoms with Crippen LogP contribution in [0.2, 0.25) is 0 Å². The van der Waals surface area contributed by atoms with Crippen molar-refractivity contribution in [3.8, 4) is 0 Å². The van der Waals surface area contributed by atoms with Crippen molar-refractivity contribution in [3.63, 3.8) is 0 Å². The number of nitrogens with one attached hydrogen (secondary N) is 2. The zero-order chi connectivity index (χ0) is 30.9. The molecule has 1 aromatic heterocycles. The number of aryl methyl sites for hydroxylation is 2. The summed E-state index contributed by atoms with van der Waals surface area (Å²) in [6, 6.07) is 19.6. The molecular formula is C35H46N6O3. The van der Waals surface area contributed by atoms with Gasteiger partial charge in [-0.05, 0) is 43.2 Å². The average Bonchev–Trinajstić information content (AvgIpc) is 3.79. The van der Waals surface area contributed by atoms with Crippen LogP contribution in [0.25, 0.3) is 0 Å². The van der Waals surface area contributed by atoms with E-state index in [9.17, 15) is 14.7 Å². The highest BCUT2D eigenvalue weighted by Crippen LogP contribution is 2.33. The number of hydrogen-bond acceptors (Lipinski definition) is 6. The van der Waals surface area contributed by atoms with Crippen LogP contribution < -0.4 is 10.6 Å². The van der Waals surface area contributed by atoms with Crippen molar-refractivity contribution < 1.29 is 14.7 Å². The maximum absolute atomic E-state index is 13.5. The average molecular weight is 599 g/mol. The normalized spacial score (nSPS) is 20.0. The van der Waals surface area contributed by atoms with Crippen molar-refractivity contribution in [2.45, 2.75) is 65.0 Å². The molecule has 3 aromatic rings. The molecule has 0 radical (unpaired) electrons. The molecule has 2 aromatic carbocycles. The predicted molar refractivity (Wildman–Crippen MR) is 173 cm³/mol. The zero-order valence-corrected chi connectivity index (χ0v) is 26.0. The van der Waals surface area contributed by atoms with Crippen molar-refractivity contribution in [1.29, 1.82) is 0 Å². The van der Waals surface area contributed by atoms with Crippen LogP contribution in [0.4, 0.5) is 10.7 Å². The van der Waals surface area contributed by atoms with Crippen molar-refractivity contribution in [2.24, 2.45) is 11.8 Å². The molecule has 1 saturated carbocycles. The Morgan fingerprint density at radius 3 is 1.93 bits per heavy atom. The minimum absolute atomic E-state index is 0.00959. The first-order valence-corrected chi connectivity index (χ1v) is 16.1. The largest absolute Gasteiger partial charge is 0.465 e. The molecule has 0 spiro atoms. The van der Waals surface area contributed by atoms with Crippen molar-refractivity contribution >= 4 is 17.9 Å². The molecule has 3 heterocycles. The van der Waals surface area contributed by atoms with Gasteiger partial charge in [0, 0.05) is 39.3 Å². The van der Waals surface area contributed by atoms with Crippen LogP contribution in [0.5, 0.6) is 0 Å². The molecule has 234 valence electrons. The third kappa shape index (κ3) is 8.34. The Labute approximate surface area is 261 Å². The van der Waals surface area contributed by atoms with Gasteiger partial charge < -0.3 is 25.5 Å². The summed E-state index contributed by atoms with van der Waals surface area (Å²) in [4.78, 5) is 38.4. The second kappa shape index (κ2) is 15.1. The number of benzene rings is 2. The molecule has 3 atom stereocenters. The van der Waals surface area contributed by atoms with Gasteiger partial charge in [-0.3, -0.25) is 4.79 Å². The molecule has 9 nitrogen and oxygen atoms in total. The maximum atomic E-state index is 13.5. The van der Waals surface area contributed by atoms with E-state index in [0.29, 0.717) is 47.7 Å². The van der Waals surface area contributed by atoms with E-state index in [4.69, 9.17) is 0 Å². The van der Waals surface area contributed by atoms with Gasteiger partial charge in [-0.25, -0.2) is 14.8 Å². The highest BCUT2D eigenvalue weighted by molar-refractivity contribution is 5.96. The molecule has 6 rings (SSSR count). The minimum Gasteiger partial charge on any atom is -0.465 e. The first kappa shape index (κ1) is 31.4. The molecule has 2 aliphatic heterocycles. The molecule has 3 N–H and O–H groups in total. The molecular weight excluding hydrogens is 552 g/mol. The molecule has 9 heteroatoms. The van der Waals surface area contributed by atoms with Crippen LogP contribution in [-0.2, 0) is 6.54 Å². The molecule has 1 aliphatic carbocycles. The highest BCUT2D eigenvalue weighted by Gasteiger charge is 2.42. The second-order valence-corrected chi connectivity index (χ2v) is 12.4. The number of amides is 2. The fourth-order valence-electron chi connectivity index (χ4n) is 6.83. The lowest BCUT2D eigenvalue weighted by molar-refractivity contribution is 0.0771. The number of fused-ring (bicyclic) bond motifs is 1. The summed E-state index contributed by atoms with van der Waals surface area (Å²) in [7, 11) is 0. The van der Waals surface area contributed by atoms with E-state index in [-0.39, 0.29) is 11.9 Å². The van der Waals surface area contributed by atoms with Crippen molar-refractivity contribution in [2.75, 3.05) is 38.0 Å². The lowest BCUT2D eigenvalue weighted by Crippen LogP contribution is -2.35. The Morgan fingerprint density at radius 2 is 1.39 bits per heavy atom. The van der Waals surface area contributed by atoms with Crippen LogP contribution in [-0.4, -0.2) is 69.6 Å². The van der Waals surface area contributed by atoms with E-state index < -0.39 is 6.09 Å². The third-order valence-electron chi connectivity index (χ3n) is 9.11. The Bertz CT molecular complexity index is 1340. The zero-order valence-electron chi connectivity index (χ0n) is 26.0. The predicted octanol–water partition coefficient (Wildman–Crippen LogP) is 6.06. The number of nitrogens with zero attached hydrogens (tertiary/aromatic N) is 4. The van der Waals surface area contributed by atoms with E-state index in [1.807, 2.05) is 79.4 Å². The number of hydrogen-bond donors (Lipinski definition) is 3. The van der Waals surface area contributed by atoms with Gasteiger partial charge in [0.25, 0.3) is 5.91 Å². The molecule has 2 amide bonds. The molecule has 3 fully saturated rings. The van der Waals surface area contributed by atoms with Gasteiger partial charge in [-0.2, -0.15) is 0 Å². The van der Waals surface area contributed by atoms with Gasteiger partial charge in [-0.1, -0.05) is 92.8 Å². The van der Waals surface area contributed by atoms with Crippen LogP contribution >= 0.6 is 0 Å². The Hall–Kier alpha value is -3.98. The van der Waals surface area contributed by atoms with E-state index in [1.165, 1.54) is 32.1 Å². The SMILES string of the molecule is C1CCCC1.Cc1nc(NCc2ccccc2)nc(C)c1C(=O)N1CC2CN(CCC(NC(=O)O)c3ccccc3)C[C@H]2C1. The summed E-state index contributed by atoms with van der Waals surface area (Å²) in [6.07, 6.45) is 7.20. The van der Waals surface area contributed by atoms with Gasteiger partial charge in [-0.15, -0.1) is 0 Å². The Morgan fingerprint density at radius 1 is 0.841 bits per heavy atom. The topological polar surface area (TPSA) is 111 Å². The van der Waals surface area contributed by atoms with Crippen molar-refractivity contribution in [3.05, 3.63) is 88.7 Å². The second-order valence-electron chi connectivity index (χ2n) is 12.4. The Kier molecular flexibility index (Phi) is 10.8. The van der Waals surface area contributed by atoms with Gasteiger partial charge in [0.1, 0.15) is 0 Å². The van der Waals surface area contributed by atoms with E-state index in [1.54, 1.807) is 0 Å². The standard InChI is InChI=1S/C30H36N6O3.C5H10/c1-20-27(21(2)33-29(32-20)31-15-22-9-5-3-6-10-22)28(37)36-18-24-16-35(17-25(24)19-36)14-13-26(34-30(38)39)23-11-7-4-8-12-23;1-2-4-5-3-1/h3-12,24-26,34H,13-19H2,1-2H3,(H,38,39)(H,31,32,33);1-5H2/t24-,25?,26?;/m0./s1. The number of rotatable bonds is 9. The Balaban J connectivity index is 0.000000698.